The summed E-state index contributed by atoms with van der Waals surface area (Å²) in [5.74, 6) is -0.588. The lowest BCUT2D eigenvalue weighted by Gasteiger charge is -2.09. The molecule has 2 aromatic carbocycles. The van der Waals surface area contributed by atoms with E-state index in [1.807, 2.05) is 0 Å². The largest absolute Gasteiger partial charge is 0.484 e. The van der Waals surface area contributed by atoms with Crippen molar-refractivity contribution >= 4 is 44.8 Å². The van der Waals surface area contributed by atoms with E-state index in [9.17, 15) is 9.18 Å². The van der Waals surface area contributed by atoms with E-state index in [0.29, 0.717) is 20.9 Å². The maximum absolute atomic E-state index is 13.1. The molecule has 1 amide bonds. The third-order valence-corrected chi connectivity index (χ3v) is 3.29. The molecule has 2 aromatic rings. The summed E-state index contributed by atoms with van der Waals surface area (Å²) >= 11 is 8.93. The molecule has 0 aliphatic carbocycles. The number of nitrogens with two attached hydrogens (primary N) is 1. The topological polar surface area (TPSA) is 64.3 Å². The Labute approximate surface area is 134 Å². The molecule has 0 aromatic heterocycles. The number of ether oxygens (including phenoxy) is 1. The lowest BCUT2D eigenvalue weighted by molar-refractivity contribution is -0.118. The van der Waals surface area contributed by atoms with Crippen molar-refractivity contribution in [3.63, 3.8) is 0 Å². The predicted molar refractivity (Wildman–Crippen MR) is 84.1 cm³/mol. The number of nitrogens with one attached hydrogen (secondary N) is 1. The van der Waals surface area contributed by atoms with E-state index in [4.69, 9.17) is 22.1 Å². The van der Waals surface area contributed by atoms with Crippen molar-refractivity contribution in [2.45, 2.75) is 0 Å². The lowest BCUT2D eigenvalue weighted by atomic mass is 10.3. The second-order valence-electron chi connectivity index (χ2n) is 4.18. The zero-order valence-electron chi connectivity index (χ0n) is 10.7. The summed E-state index contributed by atoms with van der Waals surface area (Å²) in [6.07, 6.45) is 0. The first-order valence-corrected chi connectivity index (χ1v) is 7.05. The highest BCUT2D eigenvalue weighted by Gasteiger charge is 2.06. The first-order valence-electron chi connectivity index (χ1n) is 5.88. The molecule has 2 rings (SSSR count). The van der Waals surface area contributed by atoms with Crippen molar-refractivity contribution in [2.24, 2.45) is 0 Å². The van der Waals surface area contributed by atoms with Gasteiger partial charge in [-0.05, 0) is 30.3 Å². The molecule has 110 valence electrons. The van der Waals surface area contributed by atoms with Crippen LogP contribution in [0.2, 0.25) is 5.02 Å². The fraction of sp³-hybridized carbons (Fsp3) is 0.0714. The van der Waals surface area contributed by atoms with Gasteiger partial charge in [-0.25, -0.2) is 4.39 Å². The second-order valence-corrected chi connectivity index (χ2v) is 5.50. The molecule has 0 unspecified atom stereocenters. The molecule has 0 saturated heterocycles. The minimum Gasteiger partial charge on any atom is -0.484 e. The first kappa shape index (κ1) is 15.6. The molecule has 4 nitrogen and oxygen atoms in total. The summed E-state index contributed by atoms with van der Waals surface area (Å²) < 4.78 is 18.9. The Morgan fingerprint density at radius 2 is 2.10 bits per heavy atom. The van der Waals surface area contributed by atoms with Crippen molar-refractivity contribution in [1.29, 1.82) is 0 Å². The van der Waals surface area contributed by atoms with Crippen LogP contribution in [0.3, 0.4) is 0 Å². The van der Waals surface area contributed by atoms with Gasteiger partial charge >= 0.3 is 0 Å². The van der Waals surface area contributed by atoms with Crippen molar-refractivity contribution < 1.29 is 13.9 Å². The molecule has 0 bridgehead atoms. The molecule has 0 aliphatic heterocycles. The van der Waals surface area contributed by atoms with E-state index in [1.54, 1.807) is 24.3 Å². The number of anilines is 2. The van der Waals surface area contributed by atoms with E-state index in [1.165, 1.54) is 12.1 Å². The second kappa shape index (κ2) is 6.78. The molecular weight excluding hydrogens is 363 g/mol. The zero-order chi connectivity index (χ0) is 15.4. The van der Waals surface area contributed by atoms with Crippen LogP contribution in [0.1, 0.15) is 0 Å². The molecule has 21 heavy (non-hydrogen) atoms. The number of rotatable bonds is 4. The summed E-state index contributed by atoms with van der Waals surface area (Å²) in [6, 6.07) is 8.80. The Balaban J connectivity index is 1.94. The maximum atomic E-state index is 13.1. The van der Waals surface area contributed by atoms with Crippen LogP contribution >= 0.6 is 27.5 Å². The average Bonchev–Trinajstić information content (AvgIpc) is 2.40. The molecule has 0 fully saturated rings. The average molecular weight is 374 g/mol. The van der Waals surface area contributed by atoms with E-state index >= 15 is 0 Å². The van der Waals surface area contributed by atoms with Crippen LogP contribution in [0.15, 0.2) is 40.9 Å². The van der Waals surface area contributed by atoms with Crippen molar-refractivity contribution in [2.75, 3.05) is 17.7 Å². The Kier molecular flexibility index (Phi) is 5.03. The van der Waals surface area contributed by atoms with Gasteiger partial charge in [-0.15, -0.1) is 0 Å². The lowest BCUT2D eigenvalue weighted by Crippen LogP contribution is -2.20. The number of carbonyl (C=O) groups excluding carboxylic acids is 1. The molecule has 0 aliphatic rings. The van der Waals surface area contributed by atoms with Crippen LogP contribution < -0.4 is 15.8 Å². The van der Waals surface area contributed by atoms with Gasteiger partial charge in [-0.3, -0.25) is 4.79 Å². The smallest absolute Gasteiger partial charge is 0.262 e. The quantitative estimate of drug-likeness (QED) is 0.800. The number of hydrogen-bond acceptors (Lipinski definition) is 3. The van der Waals surface area contributed by atoms with Crippen LogP contribution in [0, 0.1) is 5.82 Å². The van der Waals surface area contributed by atoms with Gasteiger partial charge in [0.15, 0.2) is 6.61 Å². The van der Waals surface area contributed by atoms with E-state index in [0.717, 1.165) is 0 Å². The van der Waals surface area contributed by atoms with Crippen molar-refractivity contribution in [3.05, 3.63) is 51.7 Å². The van der Waals surface area contributed by atoms with Crippen LogP contribution in [-0.4, -0.2) is 12.5 Å². The molecule has 0 spiro atoms. The number of amides is 1. The number of carbonyl (C=O) groups is 1. The zero-order valence-corrected chi connectivity index (χ0v) is 13.0. The van der Waals surface area contributed by atoms with Crippen LogP contribution in [-0.2, 0) is 4.79 Å². The van der Waals surface area contributed by atoms with Crippen molar-refractivity contribution in [1.82, 2.24) is 0 Å². The standard InChI is InChI=1S/C14H11BrClFN2O2/c15-8-3-9(17)5-11(4-8)21-7-14(20)19-10-1-2-12(16)13(18)6-10/h1-6H,7,18H2,(H,19,20). The fourth-order valence-electron chi connectivity index (χ4n) is 1.58. The van der Waals surface area contributed by atoms with Crippen LogP contribution in [0.5, 0.6) is 5.75 Å². The number of nitrogen functional groups attached to an aromatic ring is 1. The first-order chi connectivity index (χ1) is 9.94. The highest BCUT2D eigenvalue weighted by atomic mass is 79.9. The van der Waals surface area contributed by atoms with Gasteiger partial charge < -0.3 is 15.8 Å². The molecule has 0 atom stereocenters. The van der Waals surface area contributed by atoms with Gasteiger partial charge in [0.05, 0.1) is 10.7 Å². The maximum Gasteiger partial charge on any atom is 0.262 e. The highest BCUT2D eigenvalue weighted by Crippen LogP contribution is 2.23. The summed E-state index contributed by atoms with van der Waals surface area (Å²) in [7, 11) is 0. The Hall–Kier alpha value is -1.79. The Bertz CT molecular complexity index is 662. The Morgan fingerprint density at radius 3 is 2.76 bits per heavy atom. The van der Waals surface area contributed by atoms with E-state index in [2.05, 4.69) is 21.2 Å². The molecule has 0 radical (unpaired) electrons. The third kappa shape index (κ3) is 4.61. The third-order valence-electron chi connectivity index (χ3n) is 2.49. The molecule has 7 heteroatoms. The highest BCUT2D eigenvalue weighted by molar-refractivity contribution is 9.10. The predicted octanol–water partition coefficient (Wildman–Crippen LogP) is 3.84. The summed E-state index contributed by atoms with van der Waals surface area (Å²) in [5, 5.41) is 3.01. The van der Waals surface area contributed by atoms with Gasteiger partial charge in [-0.1, -0.05) is 27.5 Å². The number of hydrogen-bond donors (Lipinski definition) is 2. The van der Waals surface area contributed by atoms with Gasteiger partial charge in [0.1, 0.15) is 11.6 Å². The summed E-state index contributed by atoms with van der Waals surface area (Å²) in [4.78, 5) is 11.7. The van der Waals surface area contributed by atoms with Gasteiger partial charge in [0, 0.05) is 16.2 Å². The van der Waals surface area contributed by atoms with Gasteiger partial charge in [0.25, 0.3) is 5.91 Å². The molecule has 0 saturated carbocycles. The summed E-state index contributed by atoms with van der Waals surface area (Å²) in [5.41, 5.74) is 6.50. The van der Waals surface area contributed by atoms with E-state index in [-0.39, 0.29) is 12.4 Å². The summed E-state index contributed by atoms with van der Waals surface area (Å²) in [6.45, 7) is -0.252. The van der Waals surface area contributed by atoms with Crippen LogP contribution in [0.25, 0.3) is 0 Å². The fourth-order valence-corrected chi connectivity index (χ4v) is 2.14. The number of halogens is 3. The SMILES string of the molecule is Nc1cc(NC(=O)COc2cc(F)cc(Br)c2)ccc1Cl. The van der Waals surface area contributed by atoms with E-state index < -0.39 is 11.7 Å². The minimum atomic E-state index is -0.453. The normalized spacial score (nSPS) is 10.2. The molecule has 3 N–H and O–H groups in total. The minimum absolute atomic E-state index is 0.252. The van der Waals surface area contributed by atoms with Gasteiger partial charge in [0.2, 0.25) is 0 Å². The number of benzene rings is 2. The molecule has 0 heterocycles. The Morgan fingerprint density at radius 1 is 1.33 bits per heavy atom. The monoisotopic (exact) mass is 372 g/mol. The van der Waals surface area contributed by atoms with Crippen LogP contribution in [0.4, 0.5) is 15.8 Å². The van der Waals surface area contributed by atoms with Gasteiger partial charge in [-0.2, -0.15) is 0 Å². The molecular formula is C14H11BrClFN2O2. The van der Waals surface area contributed by atoms with Crippen molar-refractivity contribution in [3.8, 4) is 5.75 Å².